The number of aromatic nitrogens is 3. The van der Waals surface area contributed by atoms with Gasteiger partial charge in [-0.1, -0.05) is 0 Å². The Labute approximate surface area is 127 Å². The standard InChI is InChI=1S/C14H17N5OS/c1-9-10(2)21-14(17-9)18-13(20)7-19-4-3-11-5-15-8-16-12(11)6-19/h5,8H,3-4,6-7H2,1-2H3,(H,17,18,20). The SMILES string of the molecule is Cc1nc(NC(=O)CN2CCc3cncnc3C2)sc1C. The minimum absolute atomic E-state index is 0.0266. The Morgan fingerprint density at radius 2 is 2.33 bits per heavy atom. The maximum atomic E-state index is 12.1. The lowest BCUT2D eigenvalue weighted by atomic mass is 10.1. The van der Waals surface area contributed by atoms with E-state index in [1.165, 1.54) is 16.9 Å². The average molecular weight is 303 g/mol. The van der Waals surface area contributed by atoms with E-state index < -0.39 is 0 Å². The van der Waals surface area contributed by atoms with Gasteiger partial charge >= 0.3 is 0 Å². The van der Waals surface area contributed by atoms with Crippen molar-refractivity contribution in [1.82, 2.24) is 19.9 Å². The van der Waals surface area contributed by atoms with Crippen LogP contribution in [0.4, 0.5) is 5.13 Å². The number of hydrogen-bond donors (Lipinski definition) is 1. The summed E-state index contributed by atoms with van der Waals surface area (Å²) < 4.78 is 0. The second-order valence-electron chi connectivity index (χ2n) is 5.16. The van der Waals surface area contributed by atoms with E-state index in [1.807, 2.05) is 20.0 Å². The van der Waals surface area contributed by atoms with Crippen LogP contribution in [-0.4, -0.2) is 38.8 Å². The Kier molecular flexibility index (Phi) is 3.94. The number of anilines is 1. The van der Waals surface area contributed by atoms with Crippen LogP contribution in [0.1, 0.15) is 21.8 Å². The van der Waals surface area contributed by atoms with Crippen molar-refractivity contribution in [3.63, 3.8) is 0 Å². The zero-order valence-corrected chi connectivity index (χ0v) is 12.9. The number of fused-ring (bicyclic) bond motifs is 1. The number of rotatable bonds is 3. The Hall–Kier alpha value is -1.86. The normalized spacial score (nSPS) is 14.8. The molecule has 6 nitrogen and oxygen atoms in total. The first-order valence-corrected chi connectivity index (χ1v) is 7.67. The maximum absolute atomic E-state index is 12.1. The van der Waals surface area contributed by atoms with Crippen LogP contribution >= 0.6 is 11.3 Å². The van der Waals surface area contributed by atoms with Crippen LogP contribution < -0.4 is 5.32 Å². The molecule has 0 aromatic carbocycles. The van der Waals surface area contributed by atoms with E-state index in [9.17, 15) is 4.79 Å². The molecule has 110 valence electrons. The monoisotopic (exact) mass is 303 g/mol. The van der Waals surface area contributed by atoms with Gasteiger partial charge in [-0.25, -0.2) is 15.0 Å². The minimum Gasteiger partial charge on any atom is -0.301 e. The van der Waals surface area contributed by atoms with Crippen LogP contribution in [0.3, 0.4) is 0 Å². The molecule has 0 radical (unpaired) electrons. The molecule has 3 rings (SSSR count). The third-order valence-corrected chi connectivity index (χ3v) is 4.58. The molecular formula is C14H17N5OS. The van der Waals surface area contributed by atoms with Gasteiger partial charge in [0.2, 0.25) is 5.91 Å². The summed E-state index contributed by atoms with van der Waals surface area (Å²) in [5.74, 6) is -0.0266. The number of nitrogens with zero attached hydrogens (tertiary/aromatic N) is 4. The second kappa shape index (κ2) is 5.87. The number of carbonyl (C=O) groups is 1. The quantitative estimate of drug-likeness (QED) is 0.931. The molecule has 0 aliphatic carbocycles. The molecule has 0 bridgehead atoms. The highest BCUT2D eigenvalue weighted by molar-refractivity contribution is 7.15. The second-order valence-corrected chi connectivity index (χ2v) is 6.37. The average Bonchev–Trinajstić information content (AvgIpc) is 2.77. The van der Waals surface area contributed by atoms with Crippen molar-refractivity contribution in [3.05, 3.63) is 34.4 Å². The molecule has 0 saturated carbocycles. The van der Waals surface area contributed by atoms with Gasteiger partial charge in [-0.2, -0.15) is 0 Å². The van der Waals surface area contributed by atoms with Crippen LogP contribution in [0, 0.1) is 13.8 Å². The Bertz CT molecular complexity index is 650. The molecule has 2 aromatic rings. The summed E-state index contributed by atoms with van der Waals surface area (Å²) in [4.78, 5) is 28.0. The molecular weight excluding hydrogens is 286 g/mol. The molecule has 1 aliphatic rings. The van der Waals surface area contributed by atoms with E-state index in [0.717, 1.165) is 29.2 Å². The number of carbonyl (C=O) groups excluding carboxylic acids is 1. The van der Waals surface area contributed by atoms with E-state index in [0.29, 0.717) is 18.2 Å². The number of aryl methyl sites for hydroxylation is 2. The molecule has 0 spiro atoms. The van der Waals surface area contributed by atoms with Crippen LogP contribution in [-0.2, 0) is 17.8 Å². The third kappa shape index (κ3) is 3.25. The molecule has 1 amide bonds. The van der Waals surface area contributed by atoms with Crippen molar-refractivity contribution in [2.45, 2.75) is 26.8 Å². The van der Waals surface area contributed by atoms with Crippen molar-refractivity contribution in [3.8, 4) is 0 Å². The lowest BCUT2D eigenvalue weighted by Gasteiger charge is -2.26. The third-order valence-electron chi connectivity index (χ3n) is 3.59. The number of nitrogens with one attached hydrogen (secondary N) is 1. The maximum Gasteiger partial charge on any atom is 0.240 e. The Morgan fingerprint density at radius 1 is 1.48 bits per heavy atom. The molecule has 0 atom stereocenters. The largest absolute Gasteiger partial charge is 0.301 e. The van der Waals surface area contributed by atoms with Crippen LogP contribution in [0.25, 0.3) is 0 Å². The van der Waals surface area contributed by atoms with Gasteiger partial charge in [0.15, 0.2) is 5.13 Å². The van der Waals surface area contributed by atoms with E-state index >= 15 is 0 Å². The highest BCUT2D eigenvalue weighted by atomic mass is 32.1. The molecule has 3 heterocycles. The van der Waals surface area contributed by atoms with Crippen LogP contribution in [0.5, 0.6) is 0 Å². The fourth-order valence-corrected chi connectivity index (χ4v) is 3.16. The van der Waals surface area contributed by atoms with Crippen LogP contribution in [0.2, 0.25) is 0 Å². The van der Waals surface area contributed by atoms with E-state index in [-0.39, 0.29) is 5.91 Å². The fraction of sp³-hybridized carbons (Fsp3) is 0.429. The summed E-state index contributed by atoms with van der Waals surface area (Å²) >= 11 is 1.51. The molecule has 0 fully saturated rings. The van der Waals surface area contributed by atoms with Crippen molar-refractivity contribution < 1.29 is 4.79 Å². The van der Waals surface area contributed by atoms with Gasteiger partial charge in [0.25, 0.3) is 0 Å². The molecule has 2 aromatic heterocycles. The summed E-state index contributed by atoms with van der Waals surface area (Å²) in [6, 6.07) is 0. The minimum atomic E-state index is -0.0266. The number of amides is 1. The molecule has 7 heteroatoms. The lowest BCUT2D eigenvalue weighted by Crippen LogP contribution is -2.37. The first kappa shape index (κ1) is 14.1. The first-order chi connectivity index (χ1) is 10.1. The van der Waals surface area contributed by atoms with E-state index in [2.05, 4.69) is 25.2 Å². The van der Waals surface area contributed by atoms with E-state index in [1.54, 1.807) is 6.33 Å². The van der Waals surface area contributed by atoms with Crippen molar-refractivity contribution in [1.29, 1.82) is 0 Å². The van der Waals surface area contributed by atoms with Gasteiger partial charge in [0.05, 0.1) is 17.9 Å². The zero-order valence-electron chi connectivity index (χ0n) is 12.1. The summed E-state index contributed by atoms with van der Waals surface area (Å²) in [6.45, 7) is 5.86. The van der Waals surface area contributed by atoms with Gasteiger partial charge in [0, 0.05) is 24.2 Å². The topological polar surface area (TPSA) is 71.0 Å². The number of hydrogen-bond acceptors (Lipinski definition) is 6. The van der Waals surface area contributed by atoms with Crippen molar-refractivity contribution in [2.24, 2.45) is 0 Å². The van der Waals surface area contributed by atoms with Gasteiger partial charge in [0.1, 0.15) is 6.33 Å². The molecule has 0 saturated heterocycles. The summed E-state index contributed by atoms with van der Waals surface area (Å²) in [5, 5.41) is 3.54. The summed E-state index contributed by atoms with van der Waals surface area (Å²) in [7, 11) is 0. The molecule has 1 aliphatic heterocycles. The van der Waals surface area contributed by atoms with Crippen LogP contribution in [0.15, 0.2) is 12.5 Å². The van der Waals surface area contributed by atoms with Gasteiger partial charge in [-0.15, -0.1) is 11.3 Å². The van der Waals surface area contributed by atoms with E-state index in [4.69, 9.17) is 0 Å². The van der Waals surface area contributed by atoms with Gasteiger partial charge < -0.3 is 5.32 Å². The summed E-state index contributed by atoms with van der Waals surface area (Å²) in [6.07, 6.45) is 4.31. The molecule has 1 N–H and O–H groups in total. The highest BCUT2D eigenvalue weighted by Crippen LogP contribution is 2.21. The summed E-state index contributed by atoms with van der Waals surface area (Å²) in [5.41, 5.74) is 3.17. The lowest BCUT2D eigenvalue weighted by molar-refractivity contribution is -0.117. The van der Waals surface area contributed by atoms with Gasteiger partial charge in [-0.05, 0) is 25.8 Å². The predicted octanol–water partition coefficient (Wildman–Crippen LogP) is 1.55. The number of thiazole rings is 1. The van der Waals surface area contributed by atoms with Crippen molar-refractivity contribution >= 4 is 22.4 Å². The smallest absolute Gasteiger partial charge is 0.240 e. The van der Waals surface area contributed by atoms with Gasteiger partial charge in [-0.3, -0.25) is 9.69 Å². The Morgan fingerprint density at radius 3 is 3.10 bits per heavy atom. The van der Waals surface area contributed by atoms with Crippen molar-refractivity contribution in [2.75, 3.05) is 18.4 Å². The zero-order chi connectivity index (χ0) is 14.8. The Balaban J connectivity index is 1.59. The molecule has 21 heavy (non-hydrogen) atoms. The molecule has 0 unspecified atom stereocenters. The predicted molar refractivity (Wildman–Crippen MR) is 81.2 cm³/mol. The fourth-order valence-electron chi connectivity index (χ4n) is 2.33. The first-order valence-electron chi connectivity index (χ1n) is 6.86. The highest BCUT2D eigenvalue weighted by Gasteiger charge is 2.19.